The molecule has 0 N–H and O–H groups in total. The van der Waals surface area contributed by atoms with Gasteiger partial charge in [0.25, 0.3) is 0 Å². The summed E-state index contributed by atoms with van der Waals surface area (Å²) in [4.78, 5) is 56.9. The number of unbranched alkanes of at least 4 members (excludes halogenated alkanes) is 1. The Morgan fingerprint density at radius 1 is 0.873 bits per heavy atom. The molecular weight excluding hydrogens is 797 g/mol. The molecule has 1 aliphatic carbocycles. The van der Waals surface area contributed by atoms with Crippen molar-refractivity contribution in [3.05, 3.63) is 103 Å². The predicted octanol–water partition coefficient (Wildman–Crippen LogP) is 11.0. The van der Waals surface area contributed by atoms with E-state index in [0.29, 0.717) is 48.2 Å². The number of rotatable bonds is 19. The summed E-state index contributed by atoms with van der Waals surface area (Å²) in [6.45, 7) is 24.0. The Hall–Kier alpha value is -3.76. The number of fused-ring (bicyclic) bond motifs is 7. The molecule has 338 valence electrons. The Balaban J connectivity index is 0.00000748. The van der Waals surface area contributed by atoms with Crippen molar-refractivity contribution in [1.82, 2.24) is 15.0 Å². The molecule has 63 heavy (non-hydrogen) atoms. The molecule has 3 aromatic heterocycles. The van der Waals surface area contributed by atoms with E-state index in [0.717, 1.165) is 87.5 Å². The van der Waals surface area contributed by atoms with Crippen molar-refractivity contribution < 1.29 is 23.9 Å². The minimum Gasteiger partial charge on any atom is -0.664 e. The van der Waals surface area contributed by atoms with Gasteiger partial charge in [-0.05, 0) is 96.0 Å². The Morgan fingerprint density at radius 3 is 2.17 bits per heavy atom. The monoisotopic (exact) mass is 868 g/mol. The Kier molecular flexibility index (Phi) is 17.9. The van der Waals surface area contributed by atoms with Gasteiger partial charge in [0.15, 0.2) is 5.78 Å². The number of methoxy groups -OCH3 is 1. The molecule has 6 rings (SSSR count). The summed E-state index contributed by atoms with van der Waals surface area (Å²) >= 11 is 0. The fourth-order valence-electron chi connectivity index (χ4n) is 10.2. The number of Topliss-reactive ketones (excluding diaryl/α,β-unsaturated/α-hetero) is 1. The molecule has 3 aliphatic rings. The number of aromatic nitrogens is 3. The van der Waals surface area contributed by atoms with Gasteiger partial charge in [0, 0.05) is 12.0 Å². The molecular formula is C53H71MgN4O5-3. The van der Waals surface area contributed by atoms with Gasteiger partial charge in [-0.2, -0.15) is 40.6 Å². The molecule has 5 atom stereocenters. The van der Waals surface area contributed by atoms with Gasteiger partial charge in [-0.25, -0.2) is 0 Å². The zero-order valence-electron chi connectivity index (χ0n) is 40.1. The molecule has 0 saturated carbocycles. The number of ether oxygens (including phenoxy) is 2. The third kappa shape index (κ3) is 11.0. The van der Waals surface area contributed by atoms with Crippen LogP contribution in [0.25, 0.3) is 17.0 Å². The topological polar surface area (TPSA) is 126 Å². The molecule has 1 saturated heterocycles. The second-order valence-corrected chi connectivity index (χ2v) is 18.7. The Bertz CT molecular complexity index is 2210. The van der Waals surface area contributed by atoms with Crippen LogP contribution in [-0.4, -0.2) is 54.5 Å². The number of esters is 2. The molecule has 0 spiro atoms. The zero-order valence-corrected chi connectivity index (χ0v) is 41.5. The fraction of sp³-hybridized carbons (Fsp3) is 0.585. The van der Waals surface area contributed by atoms with Crippen molar-refractivity contribution in [2.24, 2.45) is 29.6 Å². The molecule has 1 fully saturated rings. The number of nitrogens with zero attached hydrogens (tertiary/aromatic N) is 4. The summed E-state index contributed by atoms with van der Waals surface area (Å²) < 4.78 is 11.1. The van der Waals surface area contributed by atoms with Gasteiger partial charge < -0.3 is 36.7 Å². The number of carbonyl (C=O) groups excluding carboxylic acids is 3. The average Bonchev–Trinajstić information content (AvgIpc) is 3.99. The van der Waals surface area contributed by atoms with E-state index < -0.39 is 11.9 Å². The average molecular weight is 868 g/mol. The van der Waals surface area contributed by atoms with E-state index in [9.17, 15) is 14.4 Å². The molecule has 3 aromatic rings. The number of hydrogen-bond donors (Lipinski definition) is 0. The summed E-state index contributed by atoms with van der Waals surface area (Å²) in [5, 5.41) is 5.26. The third-order valence-corrected chi connectivity index (χ3v) is 14.3. The van der Waals surface area contributed by atoms with E-state index in [1.54, 1.807) is 0 Å². The van der Waals surface area contributed by atoms with Gasteiger partial charge in [0.2, 0.25) is 0 Å². The normalized spacial score (nSPS) is 21.1. The second-order valence-electron chi connectivity index (χ2n) is 18.7. The van der Waals surface area contributed by atoms with Crippen molar-refractivity contribution in [2.45, 2.75) is 159 Å². The van der Waals surface area contributed by atoms with Crippen LogP contribution in [0.1, 0.15) is 185 Å². The van der Waals surface area contributed by atoms with Crippen LogP contribution in [0.5, 0.6) is 0 Å². The predicted molar refractivity (Wildman–Crippen MR) is 254 cm³/mol. The molecule has 8 bridgehead atoms. The van der Waals surface area contributed by atoms with Crippen LogP contribution in [0.2, 0.25) is 0 Å². The first-order valence-electron chi connectivity index (χ1n) is 23.6. The van der Waals surface area contributed by atoms with Crippen LogP contribution in [-0.2, 0) is 44.7 Å². The van der Waals surface area contributed by atoms with Gasteiger partial charge in [0.1, 0.15) is 12.5 Å². The summed E-state index contributed by atoms with van der Waals surface area (Å²) in [6, 6.07) is 0. The van der Waals surface area contributed by atoms with Crippen LogP contribution in [0.15, 0.2) is 23.0 Å². The van der Waals surface area contributed by atoms with E-state index >= 15 is 0 Å². The summed E-state index contributed by atoms with van der Waals surface area (Å²) in [7, 11) is 1.31. The van der Waals surface area contributed by atoms with Crippen LogP contribution >= 0.6 is 0 Å². The largest absolute Gasteiger partial charge is 2.00 e. The van der Waals surface area contributed by atoms with E-state index in [4.69, 9.17) is 29.7 Å². The standard InChI is InChI=1S/C53H72N4O5.Mg/c1-12-15-18-30(4)19-16-20-31(5)21-17-22-32(6)25-26-62-46(58)24-23-39-35(9)42-27-40-33(7)37(13-2)44(54-40)28-41-34(8)38(14-3)45(55-41)29-43-36(10)47-51(57-43)48(50(39)56-42)49(52(47)59)53(60)61-11;/h25,27,30-31,35,39,49H,2,12-24,26,28-29H2,1,3-11H3,(H-,56,57,59);/q-4;+2/p-1/b32-25+,42-27-;/t30-,31-,35+,39+,49-;/m1./s1. The molecule has 9 nitrogen and oxygen atoms in total. The molecule has 0 aromatic carbocycles. The number of allylic oxidation sites excluding steroid dienone is 3. The van der Waals surface area contributed by atoms with E-state index in [2.05, 4.69) is 62.3 Å². The smallest absolute Gasteiger partial charge is 0.664 e. The van der Waals surface area contributed by atoms with Crippen molar-refractivity contribution in [2.75, 3.05) is 13.7 Å². The maximum atomic E-state index is 14.4. The number of carbonyl (C=O) groups is 3. The quantitative estimate of drug-likeness (QED) is 0.0383. The minimum atomic E-state index is -1.19. The second kappa shape index (κ2) is 22.4. The summed E-state index contributed by atoms with van der Waals surface area (Å²) in [5.41, 5.74) is 13.8. The first-order chi connectivity index (χ1) is 29.7. The van der Waals surface area contributed by atoms with Crippen molar-refractivity contribution in [1.29, 1.82) is 0 Å². The van der Waals surface area contributed by atoms with Gasteiger partial charge in [-0.15, -0.1) is 11.4 Å². The van der Waals surface area contributed by atoms with E-state index in [-0.39, 0.29) is 59.7 Å². The van der Waals surface area contributed by atoms with Crippen LogP contribution in [0.3, 0.4) is 0 Å². The maximum Gasteiger partial charge on any atom is 2.00 e. The molecule has 2 aliphatic heterocycles. The fourth-order valence-corrected chi connectivity index (χ4v) is 10.2. The number of ketones is 1. The summed E-state index contributed by atoms with van der Waals surface area (Å²) in [5.74, 6) is -1.34. The van der Waals surface area contributed by atoms with Gasteiger partial charge >= 0.3 is 35.0 Å². The Labute approximate surface area is 394 Å². The van der Waals surface area contributed by atoms with Crippen molar-refractivity contribution in [3.63, 3.8) is 0 Å². The maximum absolute atomic E-state index is 14.4. The van der Waals surface area contributed by atoms with Gasteiger partial charge in [-0.3, -0.25) is 14.4 Å². The first-order valence-corrected chi connectivity index (χ1v) is 23.6. The number of hydrogen-bond acceptors (Lipinski definition) is 5. The van der Waals surface area contributed by atoms with E-state index in [1.807, 2.05) is 19.1 Å². The van der Waals surface area contributed by atoms with Crippen LogP contribution < -0.4 is 15.0 Å². The van der Waals surface area contributed by atoms with Crippen LogP contribution in [0, 0.1) is 57.3 Å². The molecule has 0 unspecified atom stereocenters. The molecule has 0 amide bonds. The minimum absolute atomic E-state index is 0. The third-order valence-electron chi connectivity index (χ3n) is 14.3. The SMILES string of the molecule is [CH2-]Cc1c2[n-]c(c1C)/C=C1\[N-]/C(=C3\c4[n-]c(c(C)c4C(=O)[C@@H]3C(=O)OC)Cc3[n-]c(c(C)c3CC)C2)[C@@H](CCC(=O)OC/C=C(\C)CCC[C@H](C)CCC[C@H](C)CCCC)[C@@H]1C.[Mg+2]. The molecule has 0 radical (unpaired) electrons. The zero-order chi connectivity index (χ0) is 44.8. The van der Waals surface area contributed by atoms with Crippen molar-refractivity contribution in [3.8, 4) is 0 Å². The Morgan fingerprint density at radius 2 is 1.52 bits per heavy atom. The summed E-state index contributed by atoms with van der Waals surface area (Å²) in [6.07, 6.45) is 18.4. The van der Waals surface area contributed by atoms with Crippen molar-refractivity contribution >= 4 is 52.4 Å². The first kappa shape index (κ1) is 50.2. The van der Waals surface area contributed by atoms with E-state index in [1.165, 1.54) is 63.2 Å². The molecule has 5 heterocycles. The van der Waals surface area contributed by atoms with Gasteiger partial charge in [-0.1, -0.05) is 125 Å². The van der Waals surface area contributed by atoms with Crippen LogP contribution in [0.4, 0.5) is 0 Å². The molecule has 10 heteroatoms. The van der Waals surface area contributed by atoms with Gasteiger partial charge in [0.05, 0.1) is 7.11 Å².